The molecule has 1 heterocycles. The zero-order chi connectivity index (χ0) is 9.35. The highest BCUT2D eigenvalue weighted by Gasteiger charge is 2.34. The Hall–Kier alpha value is 0.0700. The highest BCUT2D eigenvalue weighted by atomic mass is 32.2. The number of hydrogen-bond donors (Lipinski definition) is 0. The Bertz CT molecular complexity index is 188. The van der Waals surface area contributed by atoms with Crippen molar-refractivity contribution in [2.75, 3.05) is 6.61 Å². The highest BCUT2D eigenvalue weighted by molar-refractivity contribution is 7.77. The van der Waals surface area contributed by atoms with Crippen LogP contribution in [-0.4, -0.2) is 26.7 Å². The topological polar surface area (TPSA) is 29.5 Å². The number of rotatable bonds is 0. The van der Waals surface area contributed by atoms with Gasteiger partial charge in [-0.3, -0.25) is 4.18 Å². The quantitative estimate of drug-likeness (QED) is 0.580. The van der Waals surface area contributed by atoms with E-state index in [2.05, 4.69) is 27.7 Å². The lowest BCUT2D eigenvalue weighted by molar-refractivity contribution is 0.128. The first kappa shape index (κ1) is 10.2. The van der Waals surface area contributed by atoms with Gasteiger partial charge in [-0.25, -0.2) is 4.21 Å². The van der Waals surface area contributed by atoms with Crippen molar-refractivity contribution < 1.29 is 8.39 Å². The molecule has 0 bridgehead atoms. The maximum Gasteiger partial charge on any atom is 0.237 e. The molecule has 1 aliphatic rings. The lowest BCUT2D eigenvalue weighted by atomic mass is 10.1. The minimum absolute atomic E-state index is 0.0787. The van der Waals surface area contributed by atoms with Gasteiger partial charge in [0.1, 0.15) is 0 Å². The average Bonchev–Trinajstić information content (AvgIpc) is 1.82. The molecule has 0 aromatic heterocycles. The first-order valence-corrected chi connectivity index (χ1v) is 5.30. The van der Waals surface area contributed by atoms with Crippen LogP contribution in [-0.2, 0) is 15.4 Å². The van der Waals surface area contributed by atoms with Crippen LogP contribution in [0.15, 0.2) is 0 Å². The first-order valence-electron chi connectivity index (χ1n) is 4.27. The predicted molar refractivity (Wildman–Crippen MR) is 49.8 cm³/mol. The minimum atomic E-state index is -1.24. The van der Waals surface area contributed by atoms with E-state index in [1.807, 2.05) is 4.31 Å². The molecule has 12 heavy (non-hydrogen) atoms. The third kappa shape index (κ3) is 2.06. The maximum atomic E-state index is 11.5. The van der Waals surface area contributed by atoms with Crippen LogP contribution in [0.1, 0.15) is 34.1 Å². The van der Waals surface area contributed by atoms with Crippen molar-refractivity contribution in [1.29, 1.82) is 0 Å². The van der Waals surface area contributed by atoms with Crippen molar-refractivity contribution in [3.8, 4) is 0 Å². The molecule has 0 saturated carbocycles. The van der Waals surface area contributed by atoms with Crippen LogP contribution < -0.4 is 0 Å². The number of hydrogen-bond acceptors (Lipinski definition) is 2. The predicted octanol–water partition coefficient (Wildman–Crippen LogP) is 1.47. The van der Waals surface area contributed by atoms with Crippen molar-refractivity contribution in [2.24, 2.45) is 0 Å². The molecule has 0 aromatic rings. The molecule has 3 nitrogen and oxygen atoms in total. The molecule has 0 N–H and O–H groups in total. The second kappa shape index (κ2) is 3.44. The van der Waals surface area contributed by atoms with E-state index in [0.717, 1.165) is 6.42 Å². The monoisotopic (exact) mass is 191 g/mol. The SMILES string of the molecule is CC1CCOS(=O)N1C(C)(C)C. The molecule has 0 spiro atoms. The molecule has 1 fully saturated rings. The summed E-state index contributed by atoms with van der Waals surface area (Å²) in [5, 5.41) is 0. The van der Waals surface area contributed by atoms with E-state index in [4.69, 9.17) is 4.18 Å². The molecule has 4 heteroatoms. The van der Waals surface area contributed by atoms with Gasteiger partial charge < -0.3 is 0 Å². The normalized spacial score (nSPS) is 33.7. The largest absolute Gasteiger partial charge is 0.278 e. The molecule has 0 amide bonds. The first-order chi connectivity index (χ1) is 5.43. The smallest absolute Gasteiger partial charge is 0.237 e. The summed E-state index contributed by atoms with van der Waals surface area (Å²) in [7, 11) is 0. The van der Waals surface area contributed by atoms with E-state index >= 15 is 0 Å². The lowest BCUT2D eigenvalue weighted by Gasteiger charge is -2.40. The van der Waals surface area contributed by atoms with Crippen molar-refractivity contribution in [3.63, 3.8) is 0 Å². The van der Waals surface area contributed by atoms with Crippen LogP contribution in [0, 0.1) is 0 Å². The van der Waals surface area contributed by atoms with Crippen molar-refractivity contribution in [2.45, 2.75) is 45.7 Å². The summed E-state index contributed by atoms with van der Waals surface area (Å²) in [5.74, 6) is 0. The Morgan fingerprint density at radius 2 is 2.08 bits per heavy atom. The maximum absolute atomic E-state index is 11.5. The summed E-state index contributed by atoms with van der Waals surface area (Å²) in [6, 6.07) is 0.347. The minimum Gasteiger partial charge on any atom is -0.278 e. The molecule has 0 aromatic carbocycles. The molecule has 2 unspecified atom stereocenters. The van der Waals surface area contributed by atoms with Gasteiger partial charge in [0.15, 0.2) is 0 Å². The van der Waals surface area contributed by atoms with Crippen molar-refractivity contribution in [1.82, 2.24) is 4.31 Å². The Morgan fingerprint density at radius 1 is 1.50 bits per heavy atom. The van der Waals surface area contributed by atoms with Gasteiger partial charge in [0, 0.05) is 11.6 Å². The van der Waals surface area contributed by atoms with Crippen molar-refractivity contribution >= 4 is 11.3 Å². The lowest BCUT2D eigenvalue weighted by Crippen LogP contribution is -2.51. The van der Waals surface area contributed by atoms with E-state index in [0.29, 0.717) is 12.6 Å². The summed E-state index contributed by atoms with van der Waals surface area (Å²) in [6.07, 6.45) is 0.961. The average molecular weight is 191 g/mol. The molecule has 1 saturated heterocycles. The van der Waals surface area contributed by atoms with Gasteiger partial charge in [0.25, 0.3) is 0 Å². The van der Waals surface area contributed by atoms with E-state index < -0.39 is 11.3 Å². The van der Waals surface area contributed by atoms with Crippen molar-refractivity contribution in [3.05, 3.63) is 0 Å². The molecule has 0 aliphatic carbocycles. The Labute approximate surface area is 76.9 Å². The zero-order valence-electron chi connectivity index (χ0n) is 8.16. The summed E-state index contributed by atoms with van der Waals surface area (Å²) >= 11 is -1.24. The molecule has 72 valence electrons. The Kier molecular flexibility index (Phi) is 2.91. The van der Waals surface area contributed by atoms with Gasteiger partial charge in [-0.1, -0.05) is 0 Å². The van der Waals surface area contributed by atoms with Crippen LogP contribution >= 0.6 is 0 Å². The van der Waals surface area contributed by atoms with Gasteiger partial charge in [0.05, 0.1) is 6.61 Å². The van der Waals surface area contributed by atoms with Crippen LogP contribution in [0.5, 0.6) is 0 Å². The van der Waals surface area contributed by atoms with E-state index in [1.165, 1.54) is 0 Å². The molecular formula is C8H17NO2S. The van der Waals surface area contributed by atoms with Gasteiger partial charge in [-0.15, -0.1) is 0 Å². The van der Waals surface area contributed by atoms with Crippen LogP contribution in [0.2, 0.25) is 0 Å². The summed E-state index contributed by atoms with van der Waals surface area (Å²) in [6.45, 7) is 8.86. The fourth-order valence-electron chi connectivity index (χ4n) is 1.50. The summed E-state index contributed by atoms with van der Waals surface area (Å²) in [4.78, 5) is 0. The van der Waals surface area contributed by atoms with Gasteiger partial charge >= 0.3 is 0 Å². The van der Waals surface area contributed by atoms with Gasteiger partial charge in [-0.2, -0.15) is 4.31 Å². The van der Waals surface area contributed by atoms with E-state index in [1.54, 1.807) is 0 Å². The Balaban J connectivity index is 2.77. The molecule has 2 atom stereocenters. The molecule has 1 rings (SSSR count). The molecule has 0 radical (unpaired) electrons. The van der Waals surface area contributed by atoms with Gasteiger partial charge in [-0.05, 0) is 34.1 Å². The fraction of sp³-hybridized carbons (Fsp3) is 1.00. The van der Waals surface area contributed by atoms with Crippen LogP contribution in [0.25, 0.3) is 0 Å². The summed E-state index contributed by atoms with van der Waals surface area (Å²) < 4.78 is 18.5. The molecule has 1 aliphatic heterocycles. The number of nitrogens with zero attached hydrogens (tertiary/aromatic N) is 1. The van der Waals surface area contributed by atoms with E-state index in [9.17, 15) is 4.21 Å². The highest BCUT2D eigenvalue weighted by Crippen LogP contribution is 2.25. The standard InChI is InChI=1S/C8H17NO2S/c1-7-5-6-11-12(10)9(7)8(2,3)4/h7H,5-6H2,1-4H3. The van der Waals surface area contributed by atoms with Crippen LogP contribution in [0.3, 0.4) is 0 Å². The second-order valence-corrected chi connectivity index (χ2v) is 5.24. The third-order valence-electron chi connectivity index (χ3n) is 1.94. The zero-order valence-corrected chi connectivity index (χ0v) is 8.98. The summed E-state index contributed by atoms with van der Waals surface area (Å²) in [5.41, 5.74) is -0.0787. The third-order valence-corrected chi connectivity index (χ3v) is 3.54. The van der Waals surface area contributed by atoms with E-state index in [-0.39, 0.29) is 5.54 Å². The van der Waals surface area contributed by atoms with Crippen LogP contribution in [0.4, 0.5) is 0 Å². The van der Waals surface area contributed by atoms with Gasteiger partial charge in [0.2, 0.25) is 11.3 Å². The fourth-order valence-corrected chi connectivity index (χ4v) is 2.69. The Morgan fingerprint density at radius 3 is 2.42 bits per heavy atom. The molecular weight excluding hydrogens is 174 g/mol. The second-order valence-electron chi connectivity index (χ2n) is 4.17.